The van der Waals surface area contributed by atoms with Gasteiger partial charge in [0.1, 0.15) is 5.75 Å². The molecule has 1 rings (SSSR count). The summed E-state index contributed by atoms with van der Waals surface area (Å²) in [6.07, 6.45) is 0. The Morgan fingerprint density at radius 3 is 2.21 bits per heavy atom. The molecule has 0 atom stereocenters. The van der Waals surface area contributed by atoms with Crippen molar-refractivity contribution in [3.05, 3.63) is 28.8 Å². The van der Waals surface area contributed by atoms with Crippen LogP contribution in [-0.4, -0.2) is 23.8 Å². The van der Waals surface area contributed by atoms with Gasteiger partial charge < -0.3 is 14.8 Å². The fourth-order valence-electron chi connectivity index (χ4n) is 1.31. The summed E-state index contributed by atoms with van der Waals surface area (Å²) in [5.74, 6) is -0.492. The quantitative estimate of drug-likeness (QED) is 0.700. The zero-order valence-corrected chi connectivity index (χ0v) is 7.94. The molecule has 0 unspecified atom stereocenters. The van der Waals surface area contributed by atoms with Gasteiger partial charge in [-0.15, -0.1) is 0 Å². The van der Waals surface area contributed by atoms with E-state index in [-0.39, 0.29) is 5.56 Å². The number of benzene rings is 1. The van der Waals surface area contributed by atoms with Crippen LogP contribution in [0.2, 0.25) is 0 Å². The van der Waals surface area contributed by atoms with Gasteiger partial charge in [0.2, 0.25) is 0 Å². The topological polar surface area (TPSA) is 66.8 Å². The fourth-order valence-corrected chi connectivity index (χ4v) is 1.31. The first kappa shape index (κ1) is 10.6. The second-order valence-corrected chi connectivity index (χ2v) is 2.97. The minimum absolute atomic E-state index is 0.213. The molecule has 5 heteroatoms. The highest BCUT2D eigenvalue weighted by atomic mass is 16.5. The van der Waals surface area contributed by atoms with E-state index in [1.165, 1.54) is 12.1 Å². The van der Waals surface area contributed by atoms with E-state index >= 15 is 0 Å². The van der Waals surface area contributed by atoms with Crippen LogP contribution in [0.4, 0.5) is 0 Å². The Labute approximate surface area is 82.4 Å². The molecule has 0 heterocycles. The van der Waals surface area contributed by atoms with Gasteiger partial charge in [0.05, 0.1) is 5.56 Å². The van der Waals surface area contributed by atoms with Crippen molar-refractivity contribution in [2.24, 2.45) is 0 Å². The summed E-state index contributed by atoms with van der Waals surface area (Å²) in [6, 6.07) is 2.99. The predicted octanol–water partition coefficient (Wildman–Crippen LogP) is 0.907. The van der Waals surface area contributed by atoms with Gasteiger partial charge in [0, 0.05) is 0 Å². The third-order valence-electron chi connectivity index (χ3n) is 1.88. The molecule has 2 N–H and O–H groups in total. The first-order valence-electron chi connectivity index (χ1n) is 4.03. The van der Waals surface area contributed by atoms with Crippen molar-refractivity contribution in [3.63, 3.8) is 0 Å². The van der Waals surface area contributed by atoms with Gasteiger partial charge in [-0.25, -0.2) is 4.79 Å². The van der Waals surface area contributed by atoms with E-state index in [9.17, 15) is 4.79 Å². The summed E-state index contributed by atoms with van der Waals surface area (Å²) in [7, 11) is 0.579. The highest BCUT2D eigenvalue weighted by Gasteiger charge is 2.10. The summed E-state index contributed by atoms with van der Waals surface area (Å²) in [5, 5.41) is 17.2. The maximum Gasteiger partial charge on any atom is 0.569 e. The molecule has 0 saturated carbocycles. The van der Waals surface area contributed by atoms with Crippen LogP contribution in [-0.2, 0) is 0 Å². The predicted molar refractivity (Wildman–Crippen MR) is 51.5 cm³/mol. The molecule has 0 bridgehead atoms. The average Bonchev–Trinajstić information content (AvgIpc) is 2.10. The number of hydrogen-bond donors (Lipinski definition) is 2. The van der Waals surface area contributed by atoms with Gasteiger partial charge in [-0.05, 0) is 37.1 Å². The molecular formula is C9H10BO4. The van der Waals surface area contributed by atoms with Crippen LogP contribution in [0.15, 0.2) is 12.1 Å². The Balaban J connectivity index is 3.18. The minimum atomic E-state index is -0.976. The van der Waals surface area contributed by atoms with Crippen LogP contribution in [0, 0.1) is 13.8 Å². The maximum absolute atomic E-state index is 10.7. The number of rotatable bonds is 3. The average molecular weight is 193 g/mol. The second kappa shape index (κ2) is 4.15. The number of hydrogen-bond acceptors (Lipinski definition) is 3. The minimum Gasteiger partial charge on any atom is -0.537 e. The van der Waals surface area contributed by atoms with Crippen LogP contribution in [0.3, 0.4) is 0 Å². The zero-order chi connectivity index (χ0) is 10.7. The summed E-state index contributed by atoms with van der Waals surface area (Å²) in [6.45, 7) is 3.44. The molecule has 0 aliphatic heterocycles. The van der Waals surface area contributed by atoms with E-state index in [1.54, 1.807) is 13.8 Å². The third-order valence-corrected chi connectivity index (χ3v) is 1.88. The standard InChI is InChI=1S/C9H10BO4/c1-5-3-7(9(11)12)4-6(2)8(5)14-10-13/h3-4,13H,1-2H3,(H,11,12). The molecule has 0 amide bonds. The van der Waals surface area contributed by atoms with Crippen molar-refractivity contribution in [3.8, 4) is 5.75 Å². The van der Waals surface area contributed by atoms with Crippen molar-refractivity contribution in [1.29, 1.82) is 0 Å². The van der Waals surface area contributed by atoms with Crippen molar-refractivity contribution in [1.82, 2.24) is 0 Å². The van der Waals surface area contributed by atoms with E-state index in [2.05, 4.69) is 0 Å². The van der Waals surface area contributed by atoms with E-state index in [0.717, 1.165) is 0 Å². The van der Waals surface area contributed by atoms with Crippen molar-refractivity contribution >= 4 is 13.7 Å². The second-order valence-electron chi connectivity index (χ2n) is 2.97. The number of carbonyl (C=O) groups is 1. The van der Waals surface area contributed by atoms with Gasteiger partial charge in [0.15, 0.2) is 0 Å². The molecule has 4 nitrogen and oxygen atoms in total. The van der Waals surface area contributed by atoms with Crippen molar-refractivity contribution in [2.45, 2.75) is 13.8 Å². The first-order chi connectivity index (χ1) is 6.56. The largest absolute Gasteiger partial charge is 0.569 e. The van der Waals surface area contributed by atoms with Gasteiger partial charge in [0.25, 0.3) is 0 Å². The van der Waals surface area contributed by atoms with Crippen LogP contribution in [0.5, 0.6) is 5.75 Å². The molecule has 0 aromatic heterocycles. The molecule has 1 aromatic carbocycles. The SMILES string of the molecule is Cc1cc(C(=O)O)cc(C)c1O[B]O. The van der Waals surface area contributed by atoms with Crippen LogP contribution in [0.1, 0.15) is 21.5 Å². The number of aryl methyl sites for hydroxylation is 2. The number of carboxylic acid groups (broad SMARTS) is 1. The molecule has 0 saturated heterocycles. The Hall–Kier alpha value is -1.49. The van der Waals surface area contributed by atoms with Gasteiger partial charge in [-0.2, -0.15) is 0 Å². The lowest BCUT2D eigenvalue weighted by Gasteiger charge is -2.10. The van der Waals surface area contributed by atoms with Crippen LogP contribution < -0.4 is 4.65 Å². The molecular weight excluding hydrogens is 183 g/mol. The summed E-state index contributed by atoms with van der Waals surface area (Å²) in [4.78, 5) is 10.7. The Morgan fingerprint density at radius 1 is 1.36 bits per heavy atom. The summed E-state index contributed by atoms with van der Waals surface area (Å²) in [5.41, 5.74) is 1.56. The van der Waals surface area contributed by atoms with E-state index in [4.69, 9.17) is 14.8 Å². The monoisotopic (exact) mass is 193 g/mol. The lowest BCUT2D eigenvalue weighted by atomic mass is 10.1. The van der Waals surface area contributed by atoms with E-state index < -0.39 is 5.97 Å². The smallest absolute Gasteiger partial charge is 0.537 e. The van der Waals surface area contributed by atoms with Gasteiger partial charge in [-0.3, -0.25) is 0 Å². The highest BCUT2D eigenvalue weighted by Crippen LogP contribution is 2.24. The normalized spacial score (nSPS) is 9.64. The molecule has 0 fully saturated rings. The Kier molecular flexibility index (Phi) is 3.14. The third kappa shape index (κ3) is 2.06. The van der Waals surface area contributed by atoms with Crippen molar-refractivity contribution in [2.75, 3.05) is 0 Å². The molecule has 73 valence electrons. The maximum atomic E-state index is 10.7. The number of carboxylic acids is 1. The molecule has 0 aliphatic rings. The molecule has 14 heavy (non-hydrogen) atoms. The van der Waals surface area contributed by atoms with Crippen molar-refractivity contribution < 1.29 is 19.6 Å². The summed E-state index contributed by atoms with van der Waals surface area (Å²) >= 11 is 0. The number of aromatic carboxylic acids is 1. The van der Waals surface area contributed by atoms with Gasteiger partial charge >= 0.3 is 13.7 Å². The van der Waals surface area contributed by atoms with E-state index in [1.807, 2.05) is 0 Å². The zero-order valence-electron chi connectivity index (χ0n) is 7.94. The molecule has 1 aromatic rings. The fraction of sp³-hybridized carbons (Fsp3) is 0.222. The summed E-state index contributed by atoms with van der Waals surface area (Å²) < 4.78 is 4.84. The van der Waals surface area contributed by atoms with Crippen LogP contribution in [0.25, 0.3) is 0 Å². The molecule has 0 spiro atoms. The highest BCUT2D eigenvalue weighted by molar-refractivity contribution is 6.17. The van der Waals surface area contributed by atoms with Crippen LogP contribution >= 0.6 is 0 Å². The lowest BCUT2D eigenvalue weighted by molar-refractivity contribution is 0.0696. The Morgan fingerprint density at radius 2 is 1.86 bits per heavy atom. The lowest BCUT2D eigenvalue weighted by Crippen LogP contribution is -2.05. The molecule has 0 aliphatic carbocycles. The molecule has 1 radical (unpaired) electrons. The Bertz CT molecular complexity index is 339. The first-order valence-corrected chi connectivity index (χ1v) is 4.03. The van der Waals surface area contributed by atoms with E-state index in [0.29, 0.717) is 24.6 Å². The van der Waals surface area contributed by atoms with Gasteiger partial charge in [-0.1, -0.05) is 0 Å².